The molecule has 5 amide bonds. The third-order valence-corrected chi connectivity index (χ3v) is 10.6. The summed E-state index contributed by atoms with van der Waals surface area (Å²) < 4.78 is 0. The fraction of sp³-hybridized carbons (Fsp3) is 0.794. The Labute approximate surface area is 287 Å². The average molecular weight is 684 g/mol. The summed E-state index contributed by atoms with van der Waals surface area (Å²) in [6, 6.07) is -3.66. The number of rotatable bonds is 14. The van der Waals surface area contributed by atoms with Gasteiger partial charge >= 0.3 is 0 Å². The van der Waals surface area contributed by atoms with Crippen LogP contribution in [0, 0.1) is 23.2 Å². The Hall–Kier alpha value is -3.91. The number of Topliss-reactive ketones (excluding diaryl/α,β-unsaturated/α-hetero) is 1. The Morgan fingerprint density at radius 1 is 0.918 bits per heavy atom. The summed E-state index contributed by atoms with van der Waals surface area (Å²) in [6.45, 7) is 7.84. The van der Waals surface area contributed by atoms with Gasteiger partial charge in [-0.05, 0) is 68.1 Å². The van der Waals surface area contributed by atoms with Gasteiger partial charge in [-0.15, -0.1) is 10.2 Å². The highest BCUT2D eigenvalue weighted by Gasteiger charge is 2.52. The van der Waals surface area contributed by atoms with Crippen molar-refractivity contribution in [1.29, 1.82) is 0 Å². The molecule has 5 rings (SSSR count). The topological polar surface area (TPSA) is 208 Å². The smallest absolute Gasteiger partial charge is 0.289 e. The first-order valence-electron chi connectivity index (χ1n) is 18.1. The largest absolute Gasteiger partial charge is 0.347 e. The average Bonchev–Trinajstić information content (AvgIpc) is 3.38. The zero-order valence-corrected chi connectivity index (χ0v) is 29.3. The van der Waals surface area contributed by atoms with Gasteiger partial charge in [-0.25, -0.2) is 0 Å². The second-order valence-corrected chi connectivity index (χ2v) is 15.5. The number of hydrogen-bond acceptors (Lipinski definition) is 9. The normalized spacial score (nSPS) is 24.3. The summed E-state index contributed by atoms with van der Waals surface area (Å²) in [5.41, 5.74) is -0.737. The first-order valence-corrected chi connectivity index (χ1v) is 18.1. The Morgan fingerprint density at radius 2 is 1.65 bits per heavy atom. The summed E-state index contributed by atoms with van der Waals surface area (Å²) >= 11 is 0. The summed E-state index contributed by atoms with van der Waals surface area (Å²) in [6.07, 6.45) is 9.47. The number of aromatic nitrogens is 4. The molecule has 15 nitrogen and oxygen atoms in total. The summed E-state index contributed by atoms with van der Waals surface area (Å²) in [4.78, 5) is 83.1. The van der Waals surface area contributed by atoms with Crippen LogP contribution in [0.1, 0.15) is 111 Å². The molecule has 0 bridgehead atoms. The number of amides is 5. The number of aromatic amines is 1. The monoisotopic (exact) mass is 683 g/mol. The Kier molecular flexibility index (Phi) is 11.7. The predicted octanol–water partition coefficient (Wildman–Crippen LogP) is 1.10. The highest BCUT2D eigenvalue weighted by atomic mass is 16.2. The van der Waals surface area contributed by atoms with E-state index in [1.807, 2.05) is 27.7 Å². The molecule has 3 aliphatic carbocycles. The van der Waals surface area contributed by atoms with E-state index in [0.717, 1.165) is 64.2 Å². The Morgan fingerprint density at radius 3 is 2.29 bits per heavy atom. The van der Waals surface area contributed by atoms with E-state index in [9.17, 15) is 28.8 Å². The molecule has 49 heavy (non-hydrogen) atoms. The van der Waals surface area contributed by atoms with E-state index in [-0.39, 0.29) is 41.9 Å². The van der Waals surface area contributed by atoms with E-state index in [1.165, 1.54) is 0 Å². The molecule has 4 aliphatic rings. The van der Waals surface area contributed by atoms with Crippen LogP contribution >= 0.6 is 0 Å². The van der Waals surface area contributed by atoms with Gasteiger partial charge < -0.3 is 26.2 Å². The minimum atomic E-state index is -0.994. The van der Waals surface area contributed by atoms with E-state index >= 15 is 0 Å². The van der Waals surface area contributed by atoms with Gasteiger partial charge in [0, 0.05) is 12.6 Å². The Balaban J connectivity index is 1.34. The van der Waals surface area contributed by atoms with Crippen molar-refractivity contribution in [3.05, 3.63) is 5.82 Å². The van der Waals surface area contributed by atoms with Crippen molar-refractivity contribution >= 4 is 35.3 Å². The maximum Gasteiger partial charge on any atom is 0.289 e. The van der Waals surface area contributed by atoms with Crippen LogP contribution in [0.5, 0.6) is 0 Å². The van der Waals surface area contributed by atoms with Crippen LogP contribution in [-0.2, 0) is 35.2 Å². The highest BCUT2D eigenvalue weighted by molar-refractivity contribution is 6.38. The third kappa shape index (κ3) is 9.01. The summed E-state index contributed by atoms with van der Waals surface area (Å²) in [5, 5.41) is 25.0. The fourth-order valence-electron chi connectivity index (χ4n) is 7.86. The lowest BCUT2D eigenvalue weighted by atomic mass is 9.82. The molecule has 1 saturated heterocycles. The molecule has 1 aliphatic heterocycles. The van der Waals surface area contributed by atoms with Crippen LogP contribution in [0.4, 0.5) is 0 Å². The van der Waals surface area contributed by atoms with Gasteiger partial charge in [0.05, 0.1) is 12.5 Å². The highest BCUT2D eigenvalue weighted by Crippen LogP contribution is 2.43. The first kappa shape index (κ1) is 36.4. The molecule has 1 aromatic rings. The zero-order valence-electron chi connectivity index (χ0n) is 29.3. The lowest BCUT2D eigenvalue weighted by Crippen LogP contribution is -2.62. The minimum absolute atomic E-state index is 0.0117. The maximum absolute atomic E-state index is 14.6. The van der Waals surface area contributed by atoms with E-state index in [1.54, 1.807) is 4.90 Å². The molecular formula is C34H53N9O6. The SMILES string of the molecule is CCCC(NC(=O)[C@@H]1[C@H]2CCC[C@H]2CN1C(=O)[C@@H](NC(=O)[C@@H](NC(=O)Cc1nn[nH]n1)C1CCCCC1)C(C)(C)C)C(=O)C(=O)NC1CC1. The number of H-pyrrole nitrogens is 1. The van der Waals surface area contributed by atoms with Crippen LogP contribution in [-0.4, -0.2) is 97.6 Å². The number of tetrazole rings is 1. The van der Waals surface area contributed by atoms with Crippen molar-refractivity contribution in [2.24, 2.45) is 23.2 Å². The van der Waals surface area contributed by atoms with Gasteiger partial charge in [0.2, 0.25) is 29.4 Å². The summed E-state index contributed by atoms with van der Waals surface area (Å²) in [5.74, 6) is -2.91. The first-order chi connectivity index (χ1) is 23.4. The lowest BCUT2D eigenvalue weighted by molar-refractivity contribution is -0.146. The van der Waals surface area contributed by atoms with Crippen molar-refractivity contribution in [1.82, 2.24) is 46.8 Å². The van der Waals surface area contributed by atoms with Crippen LogP contribution in [0.3, 0.4) is 0 Å². The van der Waals surface area contributed by atoms with E-state index < -0.39 is 59.0 Å². The number of likely N-dealkylation sites (tertiary alicyclic amines) is 1. The van der Waals surface area contributed by atoms with Gasteiger partial charge in [-0.3, -0.25) is 28.8 Å². The van der Waals surface area contributed by atoms with Gasteiger partial charge in [-0.1, -0.05) is 65.0 Å². The number of nitrogens with zero attached hydrogens (tertiary/aromatic N) is 4. The molecule has 4 fully saturated rings. The van der Waals surface area contributed by atoms with Crippen LogP contribution in [0.25, 0.3) is 0 Å². The standard InChI is InChI=1S/C34H53N9O6/c1-5-10-23(28(45)32(48)35-21-15-16-21)36-31(47)27-22-14-9-13-20(22)18-43(27)33(49)29(34(2,3)4)38-30(46)26(19-11-7-6-8-12-19)37-25(44)17-24-39-41-42-40-24/h19-23,26-27,29H,5-18H2,1-4H3,(H,35,48)(H,36,47)(H,37,44)(H,38,46)(H,39,40,41,42)/t20-,22-,23?,26-,27-,29+/m0/s1. The van der Waals surface area contributed by atoms with Gasteiger partial charge in [-0.2, -0.15) is 5.21 Å². The molecule has 1 aromatic heterocycles. The molecule has 3 saturated carbocycles. The van der Waals surface area contributed by atoms with Crippen molar-refractivity contribution in [2.75, 3.05) is 6.54 Å². The fourth-order valence-corrected chi connectivity index (χ4v) is 7.86. The van der Waals surface area contributed by atoms with E-state index in [0.29, 0.717) is 19.4 Å². The van der Waals surface area contributed by atoms with Crippen molar-refractivity contribution in [3.8, 4) is 0 Å². The minimum Gasteiger partial charge on any atom is -0.347 e. The number of fused-ring (bicyclic) bond motifs is 1. The van der Waals surface area contributed by atoms with Crippen molar-refractivity contribution in [3.63, 3.8) is 0 Å². The summed E-state index contributed by atoms with van der Waals surface area (Å²) in [7, 11) is 0. The molecule has 6 atom stereocenters. The molecule has 5 N–H and O–H groups in total. The molecule has 0 spiro atoms. The van der Waals surface area contributed by atoms with Gasteiger partial charge in [0.15, 0.2) is 5.82 Å². The van der Waals surface area contributed by atoms with Gasteiger partial charge in [0.1, 0.15) is 18.1 Å². The van der Waals surface area contributed by atoms with E-state index in [2.05, 4.69) is 41.9 Å². The number of nitrogens with one attached hydrogen (secondary N) is 5. The molecule has 270 valence electrons. The maximum atomic E-state index is 14.6. The van der Waals surface area contributed by atoms with Crippen LogP contribution in [0.15, 0.2) is 0 Å². The third-order valence-electron chi connectivity index (χ3n) is 10.6. The molecular weight excluding hydrogens is 630 g/mol. The lowest BCUT2D eigenvalue weighted by Gasteiger charge is -2.38. The predicted molar refractivity (Wildman–Crippen MR) is 177 cm³/mol. The zero-order chi connectivity index (χ0) is 35.3. The molecule has 15 heteroatoms. The number of carbonyl (C=O) groups is 6. The quantitative estimate of drug-likeness (QED) is 0.178. The number of hydrogen-bond donors (Lipinski definition) is 5. The van der Waals surface area contributed by atoms with Gasteiger partial charge in [0.25, 0.3) is 5.91 Å². The van der Waals surface area contributed by atoms with Crippen molar-refractivity contribution < 1.29 is 28.8 Å². The Bertz CT molecular complexity index is 1370. The van der Waals surface area contributed by atoms with E-state index in [4.69, 9.17) is 0 Å². The molecule has 2 heterocycles. The molecule has 0 radical (unpaired) electrons. The van der Waals surface area contributed by atoms with Crippen molar-refractivity contribution in [2.45, 2.75) is 141 Å². The molecule has 0 aromatic carbocycles. The van der Waals surface area contributed by atoms with Crippen LogP contribution < -0.4 is 21.3 Å². The second kappa shape index (κ2) is 15.8. The number of carbonyl (C=O) groups excluding carboxylic acids is 6. The second-order valence-electron chi connectivity index (χ2n) is 15.5. The number of ketones is 1. The van der Waals surface area contributed by atoms with Crippen LogP contribution in [0.2, 0.25) is 0 Å². The molecule has 1 unspecified atom stereocenters.